The average Bonchev–Trinajstić information content (AvgIpc) is 4.17. The van der Waals surface area contributed by atoms with Crippen LogP contribution in [-0.2, 0) is 9.59 Å². The molecule has 0 radical (unpaired) electrons. The molecule has 0 saturated carbocycles. The number of nitrogens with zero attached hydrogens (tertiary/aromatic N) is 2. The average molecular weight is 1040 g/mol. The van der Waals surface area contributed by atoms with Gasteiger partial charge in [-0.3, -0.25) is 0 Å². The van der Waals surface area contributed by atoms with Crippen LogP contribution in [0.5, 0.6) is 0 Å². The van der Waals surface area contributed by atoms with Gasteiger partial charge in [-0.25, -0.2) is 0 Å². The third-order valence-corrected chi connectivity index (χ3v) is 20.1. The first-order valence-corrected chi connectivity index (χ1v) is 30.2. The minimum atomic E-state index is -0.0698. The Hall–Kier alpha value is -3.96. The molecule has 4 aromatic carbocycles. The van der Waals surface area contributed by atoms with Gasteiger partial charge in [0.05, 0.1) is 0 Å². The van der Waals surface area contributed by atoms with E-state index >= 15 is 9.59 Å². The number of thiophene rings is 1. The fourth-order valence-corrected chi connectivity index (χ4v) is 16.2. The van der Waals surface area contributed by atoms with Crippen LogP contribution in [0.2, 0.25) is 0 Å². The van der Waals surface area contributed by atoms with Gasteiger partial charge < -0.3 is 0 Å². The Kier molecular flexibility index (Phi) is 16.2. The molecule has 67 heavy (non-hydrogen) atoms. The van der Waals surface area contributed by atoms with Gasteiger partial charge in [0.2, 0.25) is 0 Å². The van der Waals surface area contributed by atoms with Gasteiger partial charge in [-0.05, 0) is 6.92 Å². The van der Waals surface area contributed by atoms with Crippen LogP contribution in [0.15, 0.2) is 96.1 Å². The summed E-state index contributed by atoms with van der Waals surface area (Å²) in [5, 5.41) is 7.83. The third kappa shape index (κ3) is 10.5. The number of amides is 2. The second-order valence-corrected chi connectivity index (χ2v) is 25.4. The number of aryl methyl sites for hydroxylation is 2. The van der Waals surface area contributed by atoms with Crippen LogP contribution in [-0.4, -0.2) is 63.7 Å². The Morgan fingerprint density at radius 3 is 1.37 bits per heavy atom. The summed E-state index contributed by atoms with van der Waals surface area (Å²) in [6.07, 6.45) is 25.0. The van der Waals surface area contributed by atoms with Gasteiger partial charge in [0.1, 0.15) is 0 Å². The molecule has 7 aromatic rings. The zero-order chi connectivity index (χ0) is 46.3. The maximum atomic E-state index is 15.1. The van der Waals surface area contributed by atoms with Gasteiger partial charge in [-0.15, -0.1) is 0 Å². The van der Waals surface area contributed by atoms with E-state index in [9.17, 15) is 0 Å². The second-order valence-electron chi connectivity index (χ2n) is 19.4. The summed E-state index contributed by atoms with van der Waals surface area (Å²) in [7, 11) is 0. The number of hydrogen-bond donors (Lipinski definition) is 0. The van der Waals surface area contributed by atoms with Crippen molar-refractivity contribution in [3.8, 4) is 10.0 Å². The molecule has 0 aliphatic carbocycles. The SMILES string of the molecule is CCCCCCCCCCCCN1C(=O)C2=C(c3ccc(-c4ccc5c(ccc6c7ccc8cc(C)ccc8c7sc56)c4)[se]3)N(CCCCCCCCCCCC)C(=O)C2=C1c1ccc(C)[se]1. The number of rotatable bonds is 25. The van der Waals surface area contributed by atoms with E-state index in [1.165, 1.54) is 169 Å². The quantitative estimate of drug-likeness (QED) is 0.0423. The Labute approximate surface area is 416 Å². The van der Waals surface area contributed by atoms with E-state index in [0.29, 0.717) is 24.2 Å². The zero-order valence-electron chi connectivity index (χ0n) is 40.6. The van der Waals surface area contributed by atoms with E-state index in [0.717, 1.165) is 41.5 Å². The first-order valence-electron chi connectivity index (χ1n) is 25.9. The Balaban J connectivity index is 0.998. The molecule has 2 amide bonds. The predicted octanol–water partition coefficient (Wildman–Crippen LogP) is 16.4. The van der Waals surface area contributed by atoms with Crippen molar-refractivity contribution in [2.75, 3.05) is 13.1 Å². The molecule has 0 unspecified atom stereocenters. The molecule has 0 fully saturated rings. The van der Waals surface area contributed by atoms with Crippen LogP contribution in [0.25, 0.3) is 63.1 Å². The van der Waals surface area contributed by atoms with Crippen molar-refractivity contribution >= 4 is 105 Å². The monoisotopic (exact) mass is 1040 g/mol. The summed E-state index contributed by atoms with van der Waals surface area (Å²) in [5.41, 5.74) is 5.70. The van der Waals surface area contributed by atoms with E-state index < -0.39 is 0 Å². The molecule has 7 heteroatoms. The fraction of sp³-hybridized carbons (Fsp3) is 0.433. The van der Waals surface area contributed by atoms with Gasteiger partial charge in [-0.1, -0.05) is 39.5 Å². The zero-order valence-corrected chi connectivity index (χ0v) is 44.8. The van der Waals surface area contributed by atoms with Crippen molar-refractivity contribution in [3.63, 3.8) is 0 Å². The second kappa shape index (κ2) is 22.6. The normalized spacial score (nSPS) is 14.3. The van der Waals surface area contributed by atoms with Gasteiger partial charge in [-0.2, -0.15) is 0 Å². The standard InChI is InChI=1S/C60H70N2O2SSe2/c1-5-7-9-11-13-15-17-19-21-23-37-61-55(51-34-26-42(4)66-51)53-54(60(61)64)56(62(59(53)63)38-24-22-20-18-16-14-12-10-8-6-2)52-36-35-50(67-52)45-29-31-47-44(40-45)28-33-49-48-32-27-43-39-41(3)25-30-46(43)57(48)65-58(47)49/h25-36,39-40H,5-24,37-38H2,1-4H3. The molecular weight excluding hydrogens is 971 g/mol. The van der Waals surface area contributed by atoms with Crippen molar-refractivity contribution in [2.45, 2.75) is 156 Å². The molecule has 0 N–H and O–H groups in total. The summed E-state index contributed by atoms with van der Waals surface area (Å²) in [4.78, 5) is 34.2. The summed E-state index contributed by atoms with van der Waals surface area (Å²) in [6, 6.07) is 31.9. The molecule has 0 spiro atoms. The molecule has 9 rings (SSSR count). The summed E-state index contributed by atoms with van der Waals surface area (Å²) < 4.78 is 7.69. The first kappa shape index (κ1) is 48.1. The van der Waals surface area contributed by atoms with Crippen LogP contribution in [0.4, 0.5) is 0 Å². The first-order chi connectivity index (χ1) is 32.9. The molecule has 2 aliphatic rings. The van der Waals surface area contributed by atoms with E-state index in [1.807, 2.05) is 21.1 Å². The Bertz CT molecular complexity index is 2940. The molecule has 2 aliphatic heterocycles. The van der Waals surface area contributed by atoms with Gasteiger partial charge in [0.25, 0.3) is 0 Å². The van der Waals surface area contributed by atoms with Crippen molar-refractivity contribution in [1.29, 1.82) is 0 Å². The van der Waals surface area contributed by atoms with Crippen LogP contribution in [0.3, 0.4) is 0 Å². The predicted molar refractivity (Wildman–Crippen MR) is 291 cm³/mol. The number of benzene rings is 4. The maximum absolute atomic E-state index is 15.1. The van der Waals surface area contributed by atoms with Gasteiger partial charge in [0.15, 0.2) is 0 Å². The van der Waals surface area contributed by atoms with Crippen LogP contribution in [0.1, 0.15) is 161 Å². The minimum absolute atomic E-state index is 0.0437. The number of carbonyl (C=O) groups is 2. The molecule has 3 aromatic heterocycles. The molecule has 0 saturated heterocycles. The van der Waals surface area contributed by atoms with E-state index in [4.69, 9.17) is 0 Å². The van der Waals surface area contributed by atoms with Crippen LogP contribution >= 0.6 is 11.3 Å². The van der Waals surface area contributed by atoms with E-state index in [-0.39, 0.29) is 40.8 Å². The number of carbonyl (C=O) groups excluding carboxylic acids is 2. The van der Waals surface area contributed by atoms with E-state index in [1.54, 1.807) is 0 Å². The summed E-state index contributed by atoms with van der Waals surface area (Å²) in [6.45, 7) is 10.3. The number of fused-ring (bicyclic) bond motifs is 8. The number of unbranched alkanes of at least 4 members (excludes halogenated alkanes) is 18. The van der Waals surface area contributed by atoms with Crippen LogP contribution in [0, 0.1) is 13.8 Å². The summed E-state index contributed by atoms with van der Waals surface area (Å²) >= 11 is 1.95. The molecule has 4 nitrogen and oxygen atoms in total. The molecule has 0 atom stereocenters. The van der Waals surface area contributed by atoms with Crippen molar-refractivity contribution in [2.24, 2.45) is 0 Å². The van der Waals surface area contributed by atoms with Crippen LogP contribution < -0.4 is 0 Å². The summed E-state index contributed by atoms with van der Waals surface area (Å²) in [5.74, 6) is 0.0874. The Morgan fingerprint density at radius 2 is 0.866 bits per heavy atom. The van der Waals surface area contributed by atoms with Crippen molar-refractivity contribution < 1.29 is 9.59 Å². The molecule has 0 bridgehead atoms. The molecular formula is C60H70N2O2SSe2. The van der Waals surface area contributed by atoms with Crippen molar-refractivity contribution in [3.05, 3.63) is 115 Å². The third-order valence-electron chi connectivity index (χ3n) is 14.3. The van der Waals surface area contributed by atoms with E-state index in [2.05, 4.69) is 113 Å². The molecule has 5 heterocycles. The van der Waals surface area contributed by atoms with Gasteiger partial charge in [0, 0.05) is 0 Å². The van der Waals surface area contributed by atoms with Gasteiger partial charge >= 0.3 is 372 Å². The number of hydrogen-bond acceptors (Lipinski definition) is 3. The topological polar surface area (TPSA) is 40.6 Å². The van der Waals surface area contributed by atoms with Crippen molar-refractivity contribution in [1.82, 2.24) is 9.80 Å². The Morgan fingerprint density at radius 1 is 0.433 bits per heavy atom. The fourth-order valence-electron chi connectivity index (χ4n) is 10.7. The molecule has 350 valence electrons.